The lowest BCUT2D eigenvalue weighted by molar-refractivity contribution is -0.148. The highest BCUT2D eigenvalue weighted by Gasteiger charge is 2.28. The number of ether oxygens (including phenoxy) is 2. The zero-order chi connectivity index (χ0) is 20.8. The van der Waals surface area contributed by atoms with Gasteiger partial charge in [-0.3, -0.25) is 9.59 Å². The van der Waals surface area contributed by atoms with Gasteiger partial charge in [0.1, 0.15) is 24.3 Å². The van der Waals surface area contributed by atoms with Crippen molar-refractivity contribution in [2.24, 2.45) is 5.92 Å². The molecule has 0 aromatic carbocycles. The second-order valence-corrected chi connectivity index (χ2v) is 7.70. The van der Waals surface area contributed by atoms with Crippen molar-refractivity contribution in [3.63, 3.8) is 0 Å². The molecule has 0 aliphatic carbocycles. The minimum atomic E-state index is -0.902. The van der Waals surface area contributed by atoms with Crippen LogP contribution in [0, 0.1) is 5.92 Å². The van der Waals surface area contributed by atoms with Gasteiger partial charge in [-0.05, 0) is 33.6 Å². The van der Waals surface area contributed by atoms with E-state index in [1.54, 1.807) is 34.6 Å². The molecule has 1 heterocycles. The number of cyclic esters (lactones) is 1. The van der Waals surface area contributed by atoms with Crippen molar-refractivity contribution in [1.29, 1.82) is 0 Å². The number of hydrogen-bond donors (Lipinski definition) is 3. The smallest absolute Gasteiger partial charge is 0.408 e. The van der Waals surface area contributed by atoms with Crippen LogP contribution in [-0.2, 0) is 23.9 Å². The molecule has 0 unspecified atom stereocenters. The van der Waals surface area contributed by atoms with Crippen LogP contribution in [0.2, 0.25) is 0 Å². The van der Waals surface area contributed by atoms with E-state index < -0.39 is 47.6 Å². The number of rotatable bonds is 2. The Hall–Kier alpha value is -2.58. The fourth-order valence-corrected chi connectivity index (χ4v) is 2.20. The summed E-state index contributed by atoms with van der Waals surface area (Å²) < 4.78 is 10.3. The number of carbonyl (C=O) groups is 4. The Morgan fingerprint density at radius 2 is 1.89 bits per heavy atom. The summed E-state index contributed by atoms with van der Waals surface area (Å²) in [6.45, 7) is 9.97. The lowest BCUT2D eigenvalue weighted by Gasteiger charge is -2.25. The molecule has 1 rings (SSSR count). The first-order chi connectivity index (χ1) is 12.4. The normalized spacial score (nSPS) is 26.0. The predicted octanol–water partition coefficient (Wildman–Crippen LogP) is 0.638. The molecular formula is C18H29N3O6. The highest BCUT2D eigenvalue weighted by atomic mass is 16.6. The van der Waals surface area contributed by atoms with Gasteiger partial charge in [0.25, 0.3) is 0 Å². The Bertz CT molecular complexity index is 609. The Balaban J connectivity index is 2.97. The molecule has 0 saturated carbocycles. The molecular weight excluding hydrogens is 354 g/mol. The summed E-state index contributed by atoms with van der Waals surface area (Å²) in [5.41, 5.74) is -0.698. The van der Waals surface area contributed by atoms with Gasteiger partial charge in [-0.25, -0.2) is 9.59 Å². The van der Waals surface area contributed by atoms with Crippen LogP contribution < -0.4 is 16.0 Å². The molecule has 0 fully saturated rings. The largest absolute Gasteiger partial charge is 0.462 e. The third-order valence-corrected chi connectivity index (χ3v) is 3.55. The Kier molecular flexibility index (Phi) is 7.81. The average Bonchev–Trinajstić information content (AvgIpc) is 2.51. The lowest BCUT2D eigenvalue weighted by atomic mass is 10.0. The molecule has 1 aliphatic rings. The lowest BCUT2D eigenvalue weighted by Crippen LogP contribution is -2.53. The number of hydrogen-bond acceptors (Lipinski definition) is 6. The van der Waals surface area contributed by atoms with E-state index in [0.717, 1.165) is 0 Å². The van der Waals surface area contributed by atoms with Crippen LogP contribution in [-0.4, -0.2) is 54.2 Å². The topological polar surface area (TPSA) is 123 Å². The van der Waals surface area contributed by atoms with Crippen LogP contribution in [0.3, 0.4) is 0 Å². The Morgan fingerprint density at radius 1 is 1.26 bits per heavy atom. The number of carbonyl (C=O) groups excluding carboxylic acids is 4. The molecule has 0 bridgehead atoms. The van der Waals surface area contributed by atoms with Gasteiger partial charge in [0.05, 0.1) is 6.04 Å². The molecule has 27 heavy (non-hydrogen) atoms. The van der Waals surface area contributed by atoms with Crippen molar-refractivity contribution in [3.8, 4) is 0 Å². The average molecular weight is 383 g/mol. The summed E-state index contributed by atoms with van der Waals surface area (Å²) in [6.07, 6.45) is 1.86. The van der Waals surface area contributed by atoms with Gasteiger partial charge in [-0.15, -0.1) is 0 Å². The van der Waals surface area contributed by atoms with Crippen LogP contribution in [0.4, 0.5) is 4.79 Å². The van der Waals surface area contributed by atoms with Gasteiger partial charge in [-0.1, -0.05) is 19.9 Å². The molecule has 3 N–H and O–H groups in total. The second-order valence-electron chi connectivity index (χ2n) is 7.70. The second kappa shape index (κ2) is 9.38. The first kappa shape index (κ1) is 22.5. The molecule has 9 heteroatoms. The van der Waals surface area contributed by atoms with Crippen LogP contribution >= 0.6 is 0 Å². The fraction of sp³-hybridized carbons (Fsp3) is 0.667. The van der Waals surface area contributed by atoms with Gasteiger partial charge in [-0.2, -0.15) is 0 Å². The quantitative estimate of drug-likeness (QED) is 0.601. The van der Waals surface area contributed by atoms with E-state index in [0.29, 0.717) is 0 Å². The van der Waals surface area contributed by atoms with E-state index >= 15 is 0 Å². The maximum atomic E-state index is 12.3. The predicted molar refractivity (Wildman–Crippen MR) is 97.6 cm³/mol. The molecule has 152 valence electrons. The summed E-state index contributed by atoms with van der Waals surface area (Å²) in [4.78, 5) is 48.5. The maximum Gasteiger partial charge on any atom is 0.408 e. The van der Waals surface area contributed by atoms with Gasteiger partial charge >= 0.3 is 12.1 Å². The molecule has 0 saturated heterocycles. The van der Waals surface area contributed by atoms with Gasteiger partial charge in [0, 0.05) is 6.08 Å². The van der Waals surface area contributed by atoms with E-state index in [2.05, 4.69) is 16.0 Å². The molecule has 3 atom stereocenters. The van der Waals surface area contributed by atoms with Crippen molar-refractivity contribution in [2.45, 2.75) is 65.3 Å². The molecule has 0 aromatic heterocycles. The summed E-state index contributed by atoms with van der Waals surface area (Å²) in [5, 5.41) is 7.65. The van der Waals surface area contributed by atoms with Crippen LogP contribution in [0.25, 0.3) is 0 Å². The molecule has 1 aliphatic heterocycles. The van der Waals surface area contributed by atoms with E-state index in [4.69, 9.17) is 9.47 Å². The monoisotopic (exact) mass is 383 g/mol. The van der Waals surface area contributed by atoms with Crippen molar-refractivity contribution < 1.29 is 28.7 Å². The third kappa shape index (κ3) is 8.10. The SMILES string of the molecule is CC(C)[C@@H]1NC(=O)/C=C/[C@@H](NC(=O)OC(C)(C)C)COC(=O)[C@H](C)NC1=O. The van der Waals surface area contributed by atoms with Gasteiger partial charge in [0.2, 0.25) is 11.8 Å². The Labute approximate surface area is 159 Å². The zero-order valence-corrected chi connectivity index (χ0v) is 16.6. The Morgan fingerprint density at radius 3 is 2.44 bits per heavy atom. The molecule has 0 radical (unpaired) electrons. The fourth-order valence-electron chi connectivity index (χ4n) is 2.20. The van der Waals surface area contributed by atoms with E-state index in [-0.39, 0.29) is 12.5 Å². The summed E-state index contributed by atoms with van der Waals surface area (Å²) in [7, 11) is 0. The van der Waals surface area contributed by atoms with Crippen LogP contribution in [0.5, 0.6) is 0 Å². The van der Waals surface area contributed by atoms with Crippen molar-refractivity contribution in [1.82, 2.24) is 16.0 Å². The van der Waals surface area contributed by atoms with Gasteiger partial charge in [0.15, 0.2) is 0 Å². The summed E-state index contributed by atoms with van der Waals surface area (Å²) in [5.74, 6) is -1.81. The first-order valence-corrected chi connectivity index (χ1v) is 8.84. The minimum Gasteiger partial charge on any atom is -0.462 e. The van der Waals surface area contributed by atoms with E-state index in [1.807, 2.05) is 0 Å². The molecule has 0 spiro atoms. The highest BCUT2D eigenvalue weighted by molar-refractivity contribution is 5.94. The molecule has 0 aromatic rings. The zero-order valence-electron chi connectivity index (χ0n) is 16.6. The van der Waals surface area contributed by atoms with E-state index in [1.165, 1.54) is 19.1 Å². The number of esters is 1. The van der Waals surface area contributed by atoms with Gasteiger partial charge < -0.3 is 25.4 Å². The third-order valence-electron chi connectivity index (χ3n) is 3.55. The summed E-state index contributed by atoms with van der Waals surface area (Å²) in [6, 6.07) is -2.48. The van der Waals surface area contributed by atoms with Crippen molar-refractivity contribution in [3.05, 3.63) is 12.2 Å². The number of alkyl carbamates (subject to hydrolysis) is 1. The first-order valence-electron chi connectivity index (χ1n) is 8.84. The maximum absolute atomic E-state index is 12.3. The van der Waals surface area contributed by atoms with Crippen molar-refractivity contribution in [2.75, 3.05) is 6.61 Å². The summed E-state index contributed by atoms with van der Waals surface area (Å²) >= 11 is 0. The number of nitrogens with one attached hydrogen (secondary N) is 3. The minimum absolute atomic E-state index is 0.191. The molecule has 9 nitrogen and oxygen atoms in total. The van der Waals surface area contributed by atoms with Crippen LogP contribution in [0.1, 0.15) is 41.5 Å². The van der Waals surface area contributed by atoms with Crippen LogP contribution in [0.15, 0.2) is 12.2 Å². The highest BCUT2D eigenvalue weighted by Crippen LogP contribution is 2.08. The van der Waals surface area contributed by atoms with Crippen molar-refractivity contribution >= 4 is 23.9 Å². The molecule has 3 amide bonds. The number of amides is 3. The van der Waals surface area contributed by atoms with E-state index in [9.17, 15) is 19.2 Å². The standard InChI is InChI=1S/C18H29N3O6/c1-10(2)14-15(23)19-11(3)16(24)26-9-12(7-8-13(22)21-14)20-17(25)27-18(4,5)6/h7-8,10-12,14H,9H2,1-6H3,(H,19,23)(H,20,25)(H,21,22)/b8-7+/t11-,12+,14-/m0/s1.